The molecule has 32 heavy (non-hydrogen) atoms. The Bertz CT molecular complexity index is 1180. The van der Waals surface area contributed by atoms with Crippen LogP contribution in [0.25, 0.3) is 0 Å². The summed E-state index contributed by atoms with van der Waals surface area (Å²) >= 11 is 0. The standard InChI is InChI=1S/C23H23N5O4/c1-23(2)19(30)15-9-8-14(10-18(15)32-23)26-22-25-11-16(20(24)31)21(28-22)27-17(12-29)13-6-4-3-5-7-13/h3-11,17,29H,12H2,1-2H3,(H2,24,31)(H2,25,26,27,28)/t17-/m1/s1. The summed E-state index contributed by atoms with van der Waals surface area (Å²) < 4.78 is 5.74. The van der Waals surface area contributed by atoms with Gasteiger partial charge in [0.25, 0.3) is 5.91 Å². The molecule has 0 fully saturated rings. The Morgan fingerprint density at radius 1 is 1.22 bits per heavy atom. The molecule has 0 spiro atoms. The largest absolute Gasteiger partial charge is 0.479 e. The van der Waals surface area contributed by atoms with Crippen molar-refractivity contribution >= 4 is 29.1 Å². The third-order valence-corrected chi connectivity index (χ3v) is 5.14. The molecule has 5 N–H and O–H groups in total. The zero-order valence-corrected chi connectivity index (χ0v) is 17.6. The van der Waals surface area contributed by atoms with Crippen molar-refractivity contribution in [2.75, 3.05) is 17.2 Å². The maximum Gasteiger partial charge on any atom is 0.254 e. The van der Waals surface area contributed by atoms with Gasteiger partial charge in [-0.2, -0.15) is 4.98 Å². The molecule has 4 rings (SSSR count). The van der Waals surface area contributed by atoms with E-state index in [0.29, 0.717) is 17.0 Å². The maximum absolute atomic E-state index is 12.3. The summed E-state index contributed by atoms with van der Waals surface area (Å²) in [5, 5.41) is 16.0. The minimum atomic E-state index is -0.908. The van der Waals surface area contributed by atoms with Gasteiger partial charge < -0.3 is 26.2 Å². The third kappa shape index (κ3) is 4.10. The van der Waals surface area contributed by atoms with Crippen molar-refractivity contribution < 1.29 is 19.4 Å². The Morgan fingerprint density at radius 2 is 1.97 bits per heavy atom. The lowest BCUT2D eigenvalue weighted by atomic mass is 10.00. The number of nitrogens with zero attached hydrogens (tertiary/aromatic N) is 2. The fraction of sp³-hybridized carbons (Fsp3) is 0.217. The topological polar surface area (TPSA) is 139 Å². The Hall–Kier alpha value is -3.98. The van der Waals surface area contributed by atoms with Gasteiger partial charge in [0.1, 0.15) is 11.6 Å². The number of aromatic nitrogens is 2. The van der Waals surface area contributed by atoms with Gasteiger partial charge in [0, 0.05) is 18.0 Å². The number of Topliss-reactive ketones (excluding diaryl/α,β-unsaturated/α-hetero) is 1. The van der Waals surface area contributed by atoms with Crippen molar-refractivity contribution in [2.24, 2.45) is 5.73 Å². The van der Waals surface area contributed by atoms with Crippen LogP contribution in [0.1, 0.15) is 46.2 Å². The maximum atomic E-state index is 12.3. The number of benzene rings is 2. The average Bonchev–Trinajstić information content (AvgIpc) is 3.00. The first-order valence-electron chi connectivity index (χ1n) is 10.0. The quantitative estimate of drug-likeness (QED) is 0.446. The van der Waals surface area contributed by atoms with Crippen LogP contribution in [0.2, 0.25) is 0 Å². The molecule has 9 heteroatoms. The van der Waals surface area contributed by atoms with E-state index >= 15 is 0 Å². The fourth-order valence-corrected chi connectivity index (χ4v) is 3.46. The smallest absolute Gasteiger partial charge is 0.254 e. The number of amides is 1. The molecule has 2 aromatic carbocycles. The highest BCUT2D eigenvalue weighted by Crippen LogP contribution is 2.37. The van der Waals surface area contributed by atoms with Gasteiger partial charge in [0.15, 0.2) is 5.60 Å². The van der Waals surface area contributed by atoms with Gasteiger partial charge in [-0.25, -0.2) is 4.98 Å². The van der Waals surface area contributed by atoms with E-state index in [0.717, 1.165) is 5.56 Å². The average molecular weight is 433 g/mol. The number of ketones is 1. The molecule has 0 bridgehead atoms. The summed E-state index contributed by atoms with van der Waals surface area (Å²) in [5.41, 5.74) is 6.61. The minimum absolute atomic E-state index is 0.0800. The molecule has 2 heterocycles. The molecule has 1 atom stereocenters. The van der Waals surface area contributed by atoms with E-state index < -0.39 is 17.6 Å². The Balaban J connectivity index is 1.61. The lowest BCUT2D eigenvalue weighted by molar-refractivity contribution is 0.0684. The van der Waals surface area contributed by atoms with E-state index in [1.54, 1.807) is 32.0 Å². The molecule has 3 aromatic rings. The number of carbonyl (C=O) groups is 2. The van der Waals surface area contributed by atoms with Crippen LogP contribution in [0.15, 0.2) is 54.7 Å². The van der Waals surface area contributed by atoms with E-state index in [1.807, 2.05) is 30.3 Å². The van der Waals surface area contributed by atoms with Crippen LogP contribution < -0.4 is 21.1 Å². The van der Waals surface area contributed by atoms with E-state index in [1.165, 1.54) is 6.20 Å². The van der Waals surface area contributed by atoms with Crippen molar-refractivity contribution in [1.82, 2.24) is 9.97 Å². The zero-order valence-electron chi connectivity index (χ0n) is 17.6. The Kier molecular flexibility index (Phi) is 5.50. The molecule has 164 valence electrons. The number of primary amides is 1. The molecule has 0 radical (unpaired) electrons. The van der Waals surface area contributed by atoms with Crippen LogP contribution >= 0.6 is 0 Å². The number of aliphatic hydroxyl groups is 1. The second kappa shape index (κ2) is 8.27. The van der Waals surface area contributed by atoms with Crippen LogP contribution in [0, 0.1) is 0 Å². The lowest BCUT2D eigenvalue weighted by Crippen LogP contribution is -2.31. The summed E-state index contributed by atoms with van der Waals surface area (Å²) in [4.78, 5) is 32.8. The van der Waals surface area contributed by atoms with Crippen molar-refractivity contribution in [1.29, 1.82) is 0 Å². The number of hydrogen-bond donors (Lipinski definition) is 4. The minimum Gasteiger partial charge on any atom is -0.479 e. The second-order valence-corrected chi connectivity index (χ2v) is 7.89. The van der Waals surface area contributed by atoms with Crippen LogP contribution in [0.4, 0.5) is 17.5 Å². The molecule has 1 aliphatic rings. The van der Waals surface area contributed by atoms with Crippen LogP contribution in [-0.2, 0) is 0 Å². The second-order valence-electron chi connectivity index (χ2n) is 7.89. The number of hydrogen-bond acceptors (Lipinski definition) is 8. The number of rotatable bonds is 7. The highest BCUT2D eigenvalue weighted by atomic mass is 16.5. The number of fused-ring (bicyclic) bond motifs is 1. The summed E-state index contributed by atoms with van der Waals surface area (Å²) in [6.45, 7) is 3.22. The first-order chi connectivity index (χ1) is 15.3. The Labute approximate surface area is 184 Å². The first-order valence-corrected chi connectivity index (χ1v) is 10.0. The molecule has 1 aliphatic heterocycles. The summed E-state index contributed by atoms with van der Waals surface area (Å²) in [6.07, 6.45) is 1.32. The lowest BCUT2D eigenvalue weighted by Gasteiger charge is -2.19. The predicted molar refractivity (Wildman–Crippen MR) is 119 cm³/mol. The normalized spacial score (nSPS) is 14.9. The highest BCUT2D eigenvalue weighted by Gasteiger charge is 2.39. The van der Waals surface area contributed by atoms with Crippen molar-refractivity contribution in [3.8, 4) is 5.75 Å². The molecular formula is C23H23N5O4. The molecule has 0 saturated carbocycles. The van der Waals surface area contributed by atoms with Gasteiger partial charge in [-0.1, -0.05) is 30.3 Å². The fourth-order valence-electron chi connectivity index (χ4n) is 3.46. The Morgan fingerprint density at radius 3 is 2.66 bits per heavy atom. The number of ether oxygens (including phenoxy) is 1. The van der Waals surface area contributed by atoms with Gasteiger partial charge in [-0.05, 0) is 31.5 Å². The van der Waals surface area contributed by atoms with Gasteiger partial charge in [-0.15, -0.1) is 0 Å². The molecule has 0 unspecified atom stereocenters. The summed E-state index contributed by atoms with van der Waals surface area (Å²) in [6, 6.07) is 13.9. The van der Waals surface area contributed by atoms with Gasteiger partial charge in [0.2, 0.25) is 11.7 Å². The molecule has 0 saturated heterocycles. The summed E-state index contributed by atoms with van der Waals surface area (Å²) in [7, 11) is 0. The van der Waals surface area contributed by atoms with Crippen molar-refractivity contribution in [3.63, 3.8) is 0 Å². The number of aliphatic hydroxyl groups excluding tert-OH is 1. The van der Waals surface area contributed by atoms with Crippen LogP contribution in [0.3, 0.4) is 0 Å². The van der Waals surface area contributed by atoms with Gasteiger partial charge >= 0.3 is 0 Å². The zero-order chi connectivity index (χ0) is 22.9. The summed E-state index contributed by atoms with van der Waals surface area (Å²) in [5.74, 6) is 0.0815. The van der Waals surface area contributed by atoms with E-state index in [-0.39, 0.29) is 29.7 Å². The monoisotopic (exact) mass is 433 g/mol. The molecule has 9 nitrogen and oxygen atoms in total. The highest BCUT2D eigenvalue weighted by molar-refractivity contribution is 6.07. The van der Waals surface area contributed by atoms with E-state index in [4.69, 9.17) is 10.5 Å². The van der Waals surface area contributed by atoms with Crippen LogP contribution in [0.5, 0.6) is 5.75 Å². The third-order valence-electron chi connectivity index (χ3n) is 5.14. The SMILES string of the molecule is CC1(C)Oc2cc(Nc3ncc(C(N)=O)c(N[C@H](CO)c4ccccc4)n3)ccc2C1=O. The predicted octanol–water partition coefficient (Wildman–Crippen LogP) is 2.82. The molecule has 0 aliphatic carbocycles. The van der Waals surface area contributed by atoms with Crippen molar-refractivity contribution in [3.05, 3.63) is 71.4 Å². The van der Waals surface area contributed by atoms with E-state index in [9.17, 15) is 14.7 Å². The van der Waals surface area contributed by atoms with Crippen molar-refractivity contribution in [2.45, 2.75) is 25.5 Å². The molecule has 1 amide bonds. The number of nitrogens with two attached hydrogens (primary N) is 1. The molecular weight excluding hydrogens is 410 g/mol. The number of anilines is 3. The van der Waals surface area contributed by atoms with Crippen LogP contribution in [-0.4, -0.2) is 39.0 Å². The van der Waals surface area contributed by atoms with Gasteiger partial charge in [-0.3, -0.25) is 9.59 Å². The van der Waals surface area contributed by atoms with Gasteiger partial charge in [0.05, 0.1) is 23.8 Å². The molecule has 1 aromatic heterocycles. The first kappa shape index (κ1) is 21.3. The number of nitrogens with one attached hydrogen (secondary N) is 2. The van der Waals surface area contributed by atoms with E-state index in [2.05, 4.69) is 20.6 Å². The number of carbonyl (C=O) groups excluding carboxylic acids is 2.